The van der Waals surface area contributed by atoms with Crippen LogP contribution >= 0.6 is 11.3 Å². The predicted molar refractivity (Wildman–Crippen MR) is 115 cm³/mol. The molecule has 3 N–H and O–H groups in total. The van der Waals surface area contributed by atoms with Crippen molar-refractivity contribution >= 4 is 34.1 Å². The second kappa shape index (κ2) is 9.74. The highest BCUT2D eigenvalue weighted by atomic mass is 32.1. The number of fused-ring (bicyclic) bond motifs is 1. The van der Waals surface area contributed by atoms with Crippen molar-refractivity contribution in [2.45, 2.75) is 84.1 Å². The lowest BCUT2D eigenvalue weighted by molar-refractivity contribution is -0.138. The standard InChI is InChI=1S/C22H32N2O4S/c1-13-8-9-16-17(10-13)29-22(24-18(25)11-14(2)12-19(26)27)20(16)21(28)23-15-6-4-3-5-7-15/h13-15H,3-12H2,1-2H3,(H,23,28)(H,24,25)(H,26,27)/t13-,14+/m1/s1. The van der Waals surface area contributed by atoms with E-state index < -0.39 is 5.97 Å². The molecular weight excluding hydrogens is 388 g/mol. The van der Waals surface area contributed by atoms with Gasteiger partial charge in [0.05, 0.1) is 5.56 Å². The molecule has 0 unspecified atom stereocenters. The molecule has 1 heterocycles. The van der Waals surface area contributed by atoms with Gasteiger partial charge >= 0.3 is 5.97 Å². The van der Waals surface area contributed by atoms with Gasteiger partial charge in [0.1, 0.15) is 5.00 Å². The first-order chi connectivity index (χ1) is 13.8. The minimum atomic E-state index is -0.904. The number of amides is 2. The zero-order valence-corrected chi connectivity index (χ0v) is 18.2. The van der Waals surface area contributed by atoms with Crippen LogP contribution in [0.3, 0.4) is 0 Å². The van der Waals surface area contributed by atoms with Crippen LogP contribution in [0.25, 0.3) is 0 Å². The third-order valence-corrected chi connectivity index (χ3v) is 7.16. The van der Waals surface area contributed by atoms with Gasteiger partial charge in [-0.05, 0) is 49.5 Å². The molecule has 1 saturated carbocycles. The molecule has 0 spiro atoms. The molecule has 7 heteroatoms. The van der Waals surface area contributed by atoms with Crippen LogP contribution in [0.1, 0.15) is 86.0 Å². The maximum atomic E-state index is 13.2. The molecule has 0 bridgehead atoms. The molecular formula is C22H32N2O4S. The largest absolute Gasteiger partial charge is 0.481 e. The SMILES string of the molecule is C[C@H](CC(=O)O)CC(=O)Nc1sc2c(c1C(=O)NC1CCCCC1)CC[C@@H](C)C2. The summed E-state index contributed by atoms with van der Waals surface area (Å²) in [6.07, 6.45) is 8.51. The Labute approximate surface area is 176 Å². The lowest BCUT2D eigenvalue weighted by atomic mass is 9.88. The molecule has 2 amide bonds. The summed E-state index contributed by atoms with van der Waals surface area (Å²) in [7, 11) is 0. The van der Waals surface area contributed by atoms with Gasteiger partial charge in [-0.1, -0.05) is 33.1 Å². The van der Waals surface area contributed by atoms with E-state index in [-0.39, 0.29) is 36.6 Å². The Morgan fingerprint density at radius 2 is 1.86 bits per heavy atom. The Bertz CT molecular complexity index is 767. The van der Waals surface area contributed by atoms with Crippen molar-refractivity contribution in [3.05, 3.63) is 16.0 Å². The number of aliphatic carboxylic acids is 1. The summed E-state index contributed by atoms with van der Waals surface area (Å²) in [4.78, 5) is 37.7. The summed E-state index contributed by atoms with van der Waals surface area (Å²) in [5.41, 5.74) is 1.73. The average molecular weight is 421 g/mol. The molecule has 29 heavy (non-hydrogen) atoms. The summed E-state index contributed by atoms with van der Waals surface area (Å²) in [5, 5.41) is 15.7. The molecule has 1 fully saturated rings. The van der Waals surface area contributed by atoms with Gasteiger partial charge in [0, 0.05) is 23.8 Å². The first-order valence-electron chi connectivity index (χ1n) is 10.8. The number of anilines is 1. The van der Waals surface area contributed by atoms with Crippen LogP contribution in [0.2, 0.25) is 0 Å². The van der Waals surface area contributed by atoms with Crippen molar-refractivity contribution in [2.24, 2.45) is 11.8 Å². The van der Waals surface area contributed by atoms with Gasteiger partial charge in [-0.25, -0.2) is 0 Å². The van der Waals surface area contributed by atoms with Gasteiger partial charge in [0.15, 0.2) is 0 Å². The monoisotopic (exact) mass is 420 g/mol. The quantitative estimate of drug-likeness (QED) is 0.610. The summed E-state index contributed by atoms with van der Waals surface area (Å²) in [5.74, 6) is -0.871. The van der Waals surface area contributed by atoms with Crippen LogP contribution in [-0.4, -0.2) is 28.9 Å². The number of carbonyl (C=O) groups is 3. The van der Waals surface area contributed by atoms with Crippen LogP contribution in [0.4, 0.5) is 5.00 Å². The van der Waals surface area contributed by atoms with Crippen LogP contribution < -0.4 is 10.6 Å². The highest BCUT2D eigenvalue weighted by Crippen LogP contribution is 2.40. The second-order valence-corrected chi connectivity index (χ2v) is 9.92. The molecule has 2 atom stereocenters. The molecule has 0 saturated heterocycles. The van der Waals surface area contributed by atoms with Crippen molar-refractivity contribution < 1.29 is 19.5 Å². The average Bonchev–Trinajstić information content (AvgIpc) is 2.98. The zero-order chi connectivity index (χ0) is 21.0. The zero-order valence-electron chi connectivity index (χ0n) is 17.4. The lowest BCUT2D eigenvalue weighted by Gasteiger charge is -2.24. The molecule has 1 aromatic rings. The van der Waals surface area contributed by atoms with E-state index in [0.29, 0.717) is 16.5 Å². The fourth-order valence-corrected chi connectivity index (χ4v) is 5.87. The van der Waals surface area contributed by atoms with Gasteiger partial charge in [-0.15, -0.1) is 11.3 Å². The van der Waals surface area contributed by atoms with E-state index in [1.54, 1.807) is 6.92 Å². The maximum Gasteiger partial charge on any atom is 0.303 e. The number of rotatable bonds is 7. The normalized spacial score (nSPS) is 20.6. The van der Waals surface area contributed by atoms with E-state index in [0.717, 1.165) is 50.5 Å². The van der Waals surface area contributed by atoms with E-state index >= 15 is 0 Å². The summed E-state index contributed by atoms with van der Waals surface area (Å²) in [6.45, 7) is 3.97. The molecule has 2 aliphatic rings. The first-order valence-corrected chi connectivity index (χ1v) is 11.6. The molecule has 0 aliphatic heterocycles. The van der Waals surface area contributed by atoms with Gasteiger partial charge in [0.25, 0.3) is 5.91 Å². The highest BCUT2D eigenvalue weighted by Gasteiger charge is 2.29. The Kier molecular flexibility index (Phi) is 7.33. The number of carboxylic acids is 1. The molecule has 3 rings (SSSR count). The fourth-order valence-electron chi connectivity index (χ4n) is 4.45. The number of carboxylic acid groups (broad SMARTS) is 1. The number of carbonyl (C=O) groups excluding carboxylic acids is 2. The van der Waals surface area contributed by atoms with Gasteiger partial charge in [-0.3, -0.25) is 14.4 Å². The molecule has 6 nitrogen and oxygen atoms in total. The van der Waals surface area contributed by atoms with E-state index in [2.05, 4.69) is 17.6 Å². The third kappa shape index (κ3) is 5.81. The molecule has 0 aromatic carbocycles. The minimum Gasteiger partial charge on any atom is -0.481 e. The Morgan fingerprint density at radius 1 is 1.14 bits per heavy atom. The smallest absolute Gasteiger partial charge is 0.303 e. The number of nitrogens with one attached hydrogen (secondary N) is 2. The van der Waals surface area contributed by atoms with Crippen LogP contribution in [0.5, 0.6) is 0 Å². The van der Waals surface area contributed by atoms with Crippen molar-refractivity contribution in [3.63, 3.8) is 0 Å². The number of hydrogen-bond acceptors (Lipinski definition) is 4. The van der Waals surface area contributed by atoms with Crippen molar-refractivity contribution in [2.75, 3.05) is 5.32 Å². The highest BCUT2D eigenvalue weighted by molar-refractivity contribution is 7.17. The maximum absolute atomic E-state index is 13.2. The first kappa shape index (κ1) is 21.8. The van der Waals surface area contributed by atoms with E-state index in [1.807, 2.05) is 0 Å². The van der Waals surface area contributed by atoms with Crippen molar-refractivity contribution in [3.8, 4) is 0 Å². The predicted octanol–water partition coefficient (Wildman–Crippen LogP) is 4.37. The Balaban J connectivity index is 1.77. The third-order valence-electron chi connectivity index (χ3n) is 5.99. The summed E-state index contributed by atoms with van der Waals surface area (Å²) >= 11 is 1.52. The molecule has 1 aromatic heterocycles. The van der Waals surface area contributed by atoms with E-state index in [1.165, 1.54) is 22.6 Å². The molecule has 2 aliphatic carbocycles. The van der Waals surface area contributed by atoms with Gasteiger partial charge < -0.3 is 15.7 Å². The van der Waals surface area contributed by atoms with Gasteiger partial charge in [-0.2, -0.15) is 0 Å². The summed E-state index contributed by atoms with van der Waals surface area (Å²) < 4.78 is 0. The lowest BCUT2D eigenvalue weighted by Crippen LogP contribution is -2.37. The number of thiophene rings is 1. The Hall–Kier alpha value is -1.89. The fraction of sp³-hybridized carbons (Fsp3) is 0.682. The Morgan fingerprint density at radius 3 is 2.55 bits per heavy atom. The van der Waals surface area contributed by atoms with Crippen molar-refractivity contribution in [1.29, 1.82) is 0 Å². The number of hydrogen-bond donors (Lipinski definition) is 3. The van der Waals surface area contributed by atoms with Crippen LogP contribution in [-0.2, 0) is 22.4 Å². The topological polar surface area (TPSA) is 95.5 Å². The molecule has 0 radical (unpaired) electrons. The van der Waals surface area contributed by atoms with Gasteiger partial charge in [0.2, 0.25) is 5.91 Å². The second-order valence-electron chi connectivity index (χ2n) is 8.82. The van der Waals surface area contributed by atoms with E-state index in [4.69, 9.17) is 5.11 Å². The minimum absolute atomic E-state index is 0.0408. The van der Waals surface area contributed by atoms with Crippen molar-refractivity contribution in [1.82, 2.24) is 5.32 Å². The van der Waals surface area contributed by atoms with Crippen LogP contribution in [0, 0.1) is 11.8 Å². The summed E-state index contributed by atoms with van der Waals surface area (Å²) in [6, 6.07) is 0.216. The van der Waals surface area contributed by atoms with Crippen LogP contribution in [0.15, 0.2) is 0 Å². The molecule has 160 valence electrons. The van der Waals surface area contributed by atoms with E-state index in [9.17, 15) is 14.4 Å².